The summed E-state index contributed by atoms with van der Waals surface area (Å²) in [6.45, 7) is 8.31. The fourth-order valence-electron chi connectivity index (χ4n) is 3.14. The summed E-state index contributed by atoms with van der Waals surface area (Å²) in [5.74, 6) is 1.58. The number of Topliss-reactive ketones (excluding diaryl/α,β-unsaturated/α-hetero) is 1. The van der Waals surface area contributed by atoms with E-state index in [1.165, 1.54) is 18.7 Å². The van der Waals surface area contributed by atoms with Gasteiger partial charge in [0.1, 0.15) is 5.75 Å². The summed E-state index contributed by atoms with van der Waals surface area (Å²) >= 11 is 7.54. The van der Waals surface area contributed by atoms with Crippen molar-refractivity contribution in [1.82, 2.24) is 14.8 Å². The molecule has 9 heteroatoms. The molecule has 1 unspecified atom stereocenters. The highest BCUT2D eigenvalue weighted by Gasteiger charge is 2.21. The summed E-state index contributed by atoms with van der Waals surface area (Å²) in [5.41, 5.74) is 1.24. The molecule has 1 atom stereocenters. The lowest BCUT2D eigenvalue weighted by Crippen LogP contribution is -2.17. The first-order valence-corrected chi connectivity index (χ1v) is 12.0. The number of carbonyl (C=O) groups is 2. The molecule has 1 heterocycles. The molecule has 0 fully saturated rings. The number of carbonyl (C=O) groups excluding carboxylic acids is 2. The molecule has 0 aliphatic heterocycles. The first-order chi connectivity index (χ1) is 15.7. The molecule has 1 aromatic heterocycles. The highest BCUT2D eigenvalue weighted by molar-refractivity contribution is 7.99. The molecule has 0 spiro atoms. The normalized spacial score (nSPS) is 11.9. The maximum absolute atomic E-state index is 12.5. The van der Waals surface area contributed by atoms with Crippen LogP contribution in [0, 0.1) is 5.92 Å². The number of anilines is 1. The molecule has 1 N–H and O–H groups in total. The molecule has 0 aliphatic rings. The fourth-order valence-corrected chi connectivity index (χ4v) is 4.08. The van der Waals surface area contributed by atoms with Crippen molar-refractivity contribution < 1.29 is 14.3 Å². The maximum atomic E-state index is 12.5. The molecule has 0 radical (unpaired) electrons. The van der Waals surface area contributed by atoms with Crippen LogP contribution >= 0.6 is 23.4 Å². The summed E-state index contributed by atoms with van der Waals surface area (Å²) in [6.07, 6.45) is -0.376. The van der Waals surface area contributed by atoms with Crippen molar-refractivity contribution in [2.45, 2.75) is 45.5 Å². The number of halogens is 1. The Kier molecular flexibility index (Phi) is 8.52. The number of nitrogens with zero attached hydrogens (tertiary/aromatic N) is 3. The van der Waals surface area contributed by atoms with E-state index in [9.17, 15) is 9.59 Å². The van der Waals surface area contributed by atoms with Crippen LogP contribution in [0.15, 0.2) is 53.7 Å². The van der Waals surface area contributed by atoms with E-state index in [2.05, 4.69) is 29.4 Å². The van der Waals surface area contributed by atoms with Crippen LogP contribution in [0.3, 0.4) is 0 Å². The van der Waals surface area contributed by atoms with Crippen molar-refractivity contribution in [3.8, 4) is 5.75 Å². The molecule has 3 aromatic rings. The molecule has 2 aromatic carbocycles. The predicted octanol–water partition coefficient (Wildman–Crippen LogP) is 5.66. The van der Waals surface area contributed by atoms with Crippen LogP contribution in [-0.4, -0.2) is 32.2 Å². The summed E-state index contributed by atoms with van der Waals surface area (Å²) in [6, 6.07) is 14.1. The van der Waals surface area contributed by atoms with Gasteiger partial charge in [0, 0.05) is 17.8 Å². The minimum atomic E-state index is -0.376. The number of benzene rings is 2. The highest BCUT2D eigenvalue weighted by atomic mass is 35.5. The van der Waals surface area contributed by atoms with Gasteiger partial charge in [-0.25, -0.2) is 0 Å². The van der Waals surface area contributed by atoms with Gasteiger partial charge in [-0.1, -0.05) is 49.3 Å². The standard InChI is InChI=1S/C24H27ClN4O3S/c1-15(2)13-29-23(17(4)32-21-8-6-5-7-20(21)25)27-28-24(29)33-14-22(31)26-19-11-9-18(10-12-19)16(3)30/h5-12,15,17H,13-14H2,1-4H3,(H,26,31). The number of para-hydroxylation sites is 1. The second kappa shape index (κ2) is 11.3. The Morgan fingerprint density at radius 1 is 1.09 bits per heavy atom. The van der Waals surface area contributed by atoms with Crippen LogP contribution in [0.5, 0.6) is 5.75 Å². The lowest BCUT2D eigenvalue weighted by molar-refractivity contribution is -0.113. The summed E-state index contributed by atoms with van der Waals surface area (Å²) < 4.78 is 8.02. The van der Waals surface area contributed by atoms with E-state index in [-0.39, 0.29) is 23.5 Å². The second-order valence-electron chi connectivity index (χ2n) is 8.01. The first kappa shape index (κ1) is 24.8. The predicted molar refractivity (Wildman–Crippen MR) is 131 cm³/mol. The molecule has 1 amide bonds. The van der Waals surface area contributed by atoms with E-state index in [4.69, 9.17) is 16.3 Å². The van der Waals surface area contributed by atoms with Gasteiger partial charge in [0.15, 0.2) is 22.9 Å². The number of aromatic nitrogens is 3. The fraction of sp³-hybridized carbons (Fsp3) is 0.333. The number of ketones is 1. The Morgan fingerprint density at radius 3 is 2.42 bits per heavy atom. The van der Waals surface area contributed by atoms with Gasteiger partial charge in [-0.05, 0) is 56.2 Å². The number of hydrogen-bond donors (Lipinski definition) is 1. The minimum Gasteiger partial charge on any atom is -0.481 e. The molecule has 33 heavy (non-hydrogen) atoms. The number of amides is 1. The van der Waals surface area contributed by atoms with Crippen molar-refractivity contribution in [3.63, 3.8) is 0 Å². The average Bonchev–Trinajstić information content (AvgIpc) is 3.16. The van der Waals surface area contributed by atoms with Crippen LogP contribution in [0.1, 0.15) is 50.0 Å². The summed E-state index contributed by atoms with van der Waals surface area (Å²) in [4.78, 5) is 23.9. The smallest absolute Gasteiger partial charge is 0.234 e. The number of ether oxygens (including phenoxy) is 1. The maximum Gasteiger partial charge on any atom is 0.234 e. The van der Waals surface area contributed by atoms with Crippen molar-refractivity contribution in [2.24, 2.45) is 5.92 Å². The van der Waals surface area contributed by atoms with Gasteiger partial charge in [-0.2, -0.15) is 0 Å². The van der Waals surface area contributed by atoms with Crippen molar-refractivity contribution in [1.29, 1.82) is 0 Å². The van der Waals surface area contributed by atoms with Crippen molar-refractivity contribution in [3.05, 3.63) is 64.9 Å². The third-order valence-electron chi connectivity index (χ3n) is 4.70. The number of hydrogen-bond acceptors (Lipinski definition) is 6. The Hall–Kier alpha value is -2.84. The second-order valence-corrected chi connectivity index (χ2v) is 9.36. The zero-order valence-electron chi connectivity index (χ0n) is 19.0. The van der Waals surface area contributed by atoms with Crippen LogP contribution in [-0.2, 0) is 11.3 Å². The van der Waals surface area contributed by atoms with Gasteiger partial charge in [-0.3, -0.25) is 9.59 Å². The van der Waals surface area contributed by atoms with E-state index in [1.54, 1.807) is 30.3 Å². The largest absolute Gasteiger partial charge is 0.481 e. The number of thioether (sulfide) groups is 1. The van der Waals surface area contributed by atoms with Gasteiger partial charge in [0.2, 0.25) is 5.91 Å². The van der Waals surface area contributed by atoms with Gasteiger partial charge in [0.05, 0.1) is 10.8 Å². The van der Waals surface area contributed by atoms with E-state index in [0.29, 0.717) is 45.5 Å². The molecule has 174 valence electrons. The van der Waals surface area contributed by atoms with E-state index in [1.807, 2.05) is 29.7 Å². The third-order valence-corrected chi connectivity index (χ3v) is 5.98. The lowest BCUT2D eigenvalue weighted by Gasteiger charge is -2.18. The molecule has 0 saturated heterocycles. The van der Waals surface area contributed by atoms with E-state index in [0.717, 1.165) is 0 Å². The van der Waals surface area contributed by atoms with E-state index >= 15 is 0 Å². The number of rotatable bonds is 10. The van der Waals surface area contributed by atoms with Crippen molar-refractivity contribution >= 4 is 40.7 Å². The monoisotopic (exact) mass is 486 g/mol. The Bertz CT molecular complexity index is 1120. The topological polar surface area (TPSA) is 86.1 Å². The molecular formula is C24H27ClN4O3S. The van der Waals surface area contributed by atoms with Gasteiger partial charge >= 0.3 is 0 Å². The van der Waals surface area contributed by atoms with E-state index < -0.39 is 0 Å². The third kappa shape index (κ3) is 6.82. The Morgan fingerprint density at radius 2 is 1.79 bits per heavy atom. The van der Waals surface area contributed by atoms with Crippen LogP contribution in [0.4, 0.5) is 5.69 Å². The summed E-state index contributed by atoms with van der Waals surface area (Å²) in [5, 5.41) is 12.7. The Labute approximate surface area is 202 Å². The summed E-state index contributed by atoms with van der Waals surface area (Å²) in [7, 11) is 0. The lowest BCUT2D eigenvalue weighted by atomic mass is 10.1. The van der Waals surface area contributed by atoms with Crippen molar-refractivity contribution in [2.75, 3.05) is 11.1 Å². The minimum absolute atomic E-state index is 0.0172. The van der Waals surface area contributed by atoms with Gasteiger partial charge < -0.3 is 14.6 Å². The molecule has 0 aliphatic carbocycles. The van der Waals surface area contributed by atoms with Crippen LogP contribution < -0.4 is 10.1 Å². The van der Waals surface area contributed by atoms with Gasteiger partial charge in [0.25, 0.3) is 0 Å². The molecule has 0 bridgehead atoms. The van der Waals surface area contributed by atoms with Gasteiger partial charge in [-0.15, -0.1) is 10.2 Å². The van der Waals surface area contributed by atoms with Crippen LogP contribution in [0.2, 0.25) is 5.02 Å². The molecule has 7 nitrogen and oxygen atoms in total. The Balaban J connectivity index is 1.68. The highest BCUT2D eigenvalue weighted by Crippen LogP contribution is 2.30. The zero-order chi connectivity index (χ0) is 24.0. The average molecular weight is 487 g/mol. The first-order valence-electron chi connectivity index (χ1n) is 10.6. The molecule has 0 saturated carbocycles. The molecular weight excluding hydrogens is 460 g/mol. The van der Waals surface area contributed by atoms with Crippen LogP contribution in [0.25, 0.3) is 0 Å². The number of nitrogens with one attached hydrogen (secondary N) is 1. The zero-order valence-corrected chi connectivity index (χ0v) is 20.6. The quantitative estimate of drug-likeness (QED) is 0.294. The molecule has 3 rings (SSSR count). The SMILES string of the molecule is CC(=O)c1ccc(NC(=O)CSc2nnc(C(C)Oc3ccccc3Cl)n2CC(C)C)cc1.